The Morgan fingerprint density at radius 1 is 0.550 bits per heavy atom. The van der Waals surface area contributed by atoms with Crippen molar-refractivity contribution >= 4 is 13.7 Å². The van der Waals surface area contributed by atoms with E-state index in [1.807, 2.05) is 27.2 Å². The molecule has 8 nitrogen and oxygen atoms in total. The van der Waals surface area contributed by atoms with Crippen LogP contribution in [0.2, 0.25) is 0 Å². The van der Waals surface area contributed by atoms with Crippen molar-refractivity contribution < 1.29 is 32.9 Å². The first kappa shape index (κ1) is 59.0. The summed E-state index contributed by atoms with van der Waals surface area (Å²) in [6.45, 7) is 4.74. The molecule has 0 aliphatic carbocycles. The molecule has 3 unspecified atom stereocenters. The summed E-state index contributed by atoms with van der Waals surface area (Å²) in [6.07, 6.45) is 53.1. The van der Waals surface area contributed by atoms with Gasteiger partial charge in [-0.05, 0) is 25.7 Å². The van der Waals surface area contributed by atoms with Crippen LogP contribution in [0.3, 0.4) is 0 Å². The van der Waals surface area contributed by atoms with Crippen molar-refractivity contribution in [1.29, 1.82) is 0 Å². The topological polar surface area (TPSA) is 105 Å². The van der Waals surface area contributed by atoms with Gasteiger partial charge in [0.1, 0.15) is 13.2 Å². The fourth-order valence-electron chi connectivity index (χ4n) is 7.57. The molecule has 0 aromatic rings. The molecule has 3 atom stereocenters. The van der Waals surface area contributed by atoms with Crippen molar-refractivity contribution in [1.82, 2.24) is 5.32 Å². The highest BCUT2D eigenvalue weighted by molar-refractivity contribution is 7.47. The highest BCUT2D eigenvalue weighted by Gasteiger charge is 2.27. The molecule has 0 bridgehead atoms. The number of hydrogen-bond donors (Lipinski definition) is 3. The average Bonchev–Trinajstić information content (AvgIpc) is 3.20. The van der Waals surface area contributed by atoms with Crippen LogP contribution in [0.15, 0.2) is 24.3 Å². The van der Waals surface area contributed by atoms with Crippen LogP contribution in [-0.2, 0) is 18.4 Å². The number of aliphatic hydroxyl groups is 1. The van der Waals surface area contributed by atoms with E-state index in [2.05, 4.69) is 31.3 Å². The molecule has 0 rings (SSSR count). The van der Waals surface area contributed by atoms with Gasteiger partial charge in [0.25, 0.3) is 0 Å². The van der Waals surface area contributed by atoms with Gasteiger partial charge >= 0.3 is 7.82 Å². The zero-order chi connectivity index (χ0) is 44.3. The number of quaternary nitrogens is 1. The largest absolute Gasteiger partial charge is 0.472 e. The Balaban J connectivity index is 3.92. The quantitative estimate of drug-likeness (QED) is 0.0243. The molecule has 0 aromatic carbocycles. The summed E-state index contributed by atoms with van der Waals surface area (Å²) in [4.78, 5) is 23.1. The Morgan fingerprint density at radius 3 is 1.32 bits per heavy atom. The first-order chi connectivity index (χ1) is 29.0. The summed E-state index contributed by atoms with van der Waals surface area (Å²) in [5.74, 6) is -0.186. The zero-order valence-electron chi connectivity index (χ0n) is 40.5. The number of allylic oxidation sites excluding steroid dienone is 3. The summed E-state index contributed by atoms with van der Waals surface area (Å²) in [6, 6.07) is -0.857. The van der Waals surface area contributed by atoms with E-state index >= 15 is 0 Å². The molecule has 3 N–H and O–H groups in total. The Hall–Kier alpha value is -1.02. The summed E-state index contributed by atoms with van der Waals surface area (Å²) >= 11 is 0. The Bertz CT molecular complexity index is 1030. The third kappa shape index (κ3) is 45.0. The number of likely N-dealkylation sites (N-methyl/N-ethyl adjacent to an activating group) is 1. The van der Waals surface area contributed by atoms with Crippen LogP contribution in [0.1, 0.15) is 245 Å². The Kier molecular flexibility index (Phi) is 42.5. The lowest BCUT2D eigenvalue weighted by molar-refractivity contribution is -0.870. The number of hydrogen-bond acceptors (Lipinski definition) is 5. The highest BCUT2D eigenvalue weighted by Crippen LogP contribution is 2.43. The van der Waals surface area contributed by atoms with E-state index in [0.29, 0.717) is 17.4 Å². The van der Waals surface area contributed by atoms with E-state index in [-0.39, 0.29) is 19.1 Å². The highest BCUT2D eigenvalue weighted by atomic mass is 31.2. The third-order valence-corrected chi connectivity index (χ3v) is 12.7. The van der Waals surface area contributed by atoms with Gasteiger partial charge in [-0.3, -0.25) is 13.8 Å². The van der Waals surface area contributed by atoms with Crippen molar-refractivity contribution in [3.05, 3.63) is 24.3 Å². The van der Waals surface area contributed by atoms with E-state index in [1.165, 1.54) is 186 Å². The molecule has 0 spiro atoms. The van der Waals surface area contributed by atoms with Gasteiger partial charge in [0.15, 0.2) is 0 Å². The van der Waals surface area contributed by atoms with Gasteiger partial charge in [-0.25, -0.2) is 4.57 Å². The molecule has 0 radical (unpaired) electrons. The van der Waals surface area contributed by atoms with Crippen LogP contribution >= 0.6 is 7.82 Å². The number of unbranched alkanes of at least 4 members (excludes halogenated alkanes) is 32. The lowest BCUT2D eigenvalue weighted by Crippen LogP contribution is -2.45. The molecule has 0 fully saturated rings. The number of nitrogens with one attached hydrogen (secondary N) is 1. The predicted molar refractivity (Wildman–Crippen MR) is 258 cm³/mol. The van der Waals surface area contributed by atoms with Crippen molar-refractivity contribution in [2.45, 2.75) is 257 Å². The Labute approximate surface area is 373 Å². The van der Waals surface area contributed by atoms with Crippen LogP contribution in [0.25, 0.3) is 0 Å². The number of aliphatic hydroxyl groups excluding tert-OH is 1. The van der Waals surface area contributed by atoms with E-state index in [4.69, 9.17) is 9.05 Å². The molecule has 0 aromatic heterocycles. The molecule has 0 heterocycles. The molecular weight excluding hydrogens is 768 g/mol. The Morgan fingerprint density at radius 2 is 0.917 bits per heavy atom. The number of carbonyl (C=O) groups excluding carboxylic acids is 1. The second-order valence-corrected chi connectivity index (χ2v) is 20.4. The minimum absolute atomic E-state index is 0.0578. The number of carbonyl (C=O) groups is 1. The van der Waals surface area contributed by atoms with E-state index < -0.39 is 20.0 Å². The van der Waals surface area contributed by atoms with Gasteiger partial charge in [-0.1, -0.05) is 237 Å². The van der Waals surface area contributed by atoms with Crippen molar-refractivity contribution in [2.24, 2.45) is 0 Å². The lowest BCUT2D eigenvalue weighted by atomic mass is 10.0. The smallest absolute Gasteiger partial charge is 0.387 e. The molecule has 1 amide bonds. The maximum absolute atomic E-state index is 12.8. The van der Waals surface area contributed by atoms with Crippen LogP contribution in [0.5, 0.6) is 0 Å². The predicted octanol–water partition coefficient (Wildman–Crippen LogP) is 14.9. The van der Waals surface area contributed by atoms with Crippen LogP contribution in [0, 0.1) is 0 Å². The fourth-order valence-corrected chi connectivity index (χ4v) is 8.31. The van der Waals surface area contributed by atoms with Crippen LogP contribution < -0.4 is 5.32 Å². The number of phosphoric ester groups is 1. The van der Waals surface area contributed by atoms with Crippen LogP contribution in [0.4, 0.5) is 0 Å². The van der Waals surface area contributed by atoms with Crippen molar-refractivity contribution in [3.8, 4) is 0 Å². The number of nitrogens with zero attached hydrogens (tertiary/aromatic N) is 1. The van der Waals surface area contributed by atoms with E-state index in [9.17, 15) is 19.4 Å². The summed E-state index contributed by atoms with van der Waals surface area (Å²) in [5.41, 5.74) is 0. The van der Waals surface area contributed by atoms with Gasteiger partial charge in [0.2, 0.25) is 5.91 Å². The van der Waals surface area contributed by atoms with Crippen LogP contribution in [-0.4, -0.2) is 73.4 Å². The molecule has 0 aliphatic rings. The standard InChI is InChI=1S/C51H101N2O6P/c1-6-8-10-12-14-16-17-18-19-20-21-22-23-24-25-26-27-28-29-30-31-32-33-34-35-36-37-39-41-43-45-51(55)52-49(48-59-60(56,57)58-47-46-53(3,4)5)50(54)44-42-40-38-15-13-11-9-7-2/h13,15,42,44,49-50,54H,6-12,14,16-41,43,45-48H2,1-5H3,(H-,52,55,56,57)/p+1/b15-13+,44-42+. The molecule has 0 saturated carbocycles. The van der Waals surface area contributed by atoms with E-state index in [1.54, 1.807) is 6.08 Å². The molecule has 0 aliphatic heterocycles. The summed E-state index contributed by atoms with van der Waals surface area (Å²) in [5, 5.41) is 13.7. The van der Waals surface area contributed by atoms with Gasteiger partial charge in [0.05, 0.1) is 39.9 Å². The molecule has 9 heteroatoms. The second-order valence-electron chi connectivity index (χ2n) is 18.9. The first-order valence-corrected chi connectivity index (χ1v) is 27.2. The van der Waals surface area contributed by atoms with Crippen molar-refractivity contribution in [3.63, 3.8) is 0 Å². The minimum atomic E-state index is -4.34. The first-order valence-electron chi connectivity index (χ1n) is 25.7. The fraction of sp³-hybridized carbons (Fsp3) is 0.902. The van der Waals surface area contributed by atoms with Crippen molar-refractivity contribution in [2.75, 3.05) is 40.9 Å². The molecule has 356 valence electrons. The van der Waals surface area contributed by atoms with E-state index in [0.717, 1.165) is 38.5 Å². The molecular formula is C51H102N2O6P+. The normalized spacial score (nSPS) is 14.3. The number of rotatable bonds is 47. The second kappa shape index (κ2) is 43.2. The number of amides is 1. The molecule has 0 saturated heterocycles. The summed E-state index contributed by atoms with van der Waals surface area (Å²) < 4.78 is 23.5. The summed E-state index contributed by atoms with van der Waals surface area (Å²) in [7, 11) is 1.56. The van der Waals surface area contributed by atoms with Gasteiger partial charge in [-0.2, -0.15) is 0 Å². The maximum Gasteiger partial charge on any atom is 0.472 e. The van der Waals surface area contributed by atoms with Gasteiger partial charge < -0.3 is 19.8 Å². The lowest BCUT2D eigenvalue weighted by Gasteiger charge is -2.25. The average molecular weight is 870 g/mol. The maximum atomic E-state index is 12.8. The zero-order valence-corrected chi connectivity index (χ0v) is 41.4. The third-order valence-electron chi connectivity index (χ3n) is 11.7. The molecule has 60 heavy (non-hydrogen) atoms. The number of phosphoric acid groups is 1. The monoisotopic (exact) mass is 870 g/mol. The SMILES string of the molecule is CCCC/C=C/CC/C=C/C(O)C(COP(=O)(O)OCC[N+](C)(C)C)NC(=O)CCCCCCCCCCCCCCCCCCCCCCCCCCCCCCCC. The minimum Gasteiger partial charge on any atom is -0.387 e. The van der Waals surface area contributed by atoms with Gasteiger partial charge in [-0.15, -0.1) is 0 Å². The van der Waals surface area contributed by atoms with Gasteiger partial charge in [0, 0.05) is 6.42 Å².